The lowest BCUT2D eigenvalue weighted by molar-refractivity contribution is -0.150. The maximum Gasteiger partial charge on any atom is 0.331 e. The number of hydrogen-bond donors (Lipinski definition) is 2. The Bertz CT molecular complexity index is 1920. The minimum absolute atomic E-state index is 0.0325. The van der Waals surface area contributed by atoms with E-state index in [0.29, 0.717) is 29.2 Å². The fourth-order valence-corrected chi connectivity index (χ4v) is 6.83. The van der Waals surface area contributed by atoms with Crippen LogP contribution >= 0.6 is 11.6 Å². The van der Waals surface area contributed by atoms with E-state index in [2.05, 4.69) is 64.3 Å². The predicted octanol–water partition coefficient (Wildman–Crippen LogP) is 8.79. The van der Waals surface area contributed by atoms with Crippen LogP contribution in [0.25, 0.3) is 0 Å². The SMILES string of the molecule is CCC(C)(C)c1ccc(OCCCC(=O)Nc2cccc(NC(=O)C(Cl)(C(=O)C(C)(C)C)N3C(=O)C(OC)N(Cc4ccccc4)C3=O)c2)c(C(C)(C)CC)c1. The van der Waals surface area contributed by atoms with Gasteiger partial charge in [0.05, 0.1) is 13.2 Å². The molecule has 2 unspecified atom stereocenters. The summed E-state index contributed by atoms with van der Waals surface area (Å²) < 4.78 is 11.6. The minimum atomic E-state index is -2.77. The maximum atomic E-state index is 14.1. The fourth-order valence-electron chi connectivity index (χ4n) is 6.34. The van der Waals surface area contributed by atoms with Crippen LogP contribution < -0.4 is 15.4 Å². The lowest BCUT2D eigenvalue weighted by Gasteiger charge is -2.36. The third-order valence-electron chi connectivity index (χ3n) is 10.6. The summed E-state index contributed by atoms with van der Waals surface area (Å²) >= 11 is 6.94. The number of halogens is 1. The molecule has 0 spiro atoms. The van der Waals surface area contributed by atoms with E-state index >= 15 is 0 Å². The molecule has 1 aliphatic heterocycles. The van der Waals surface area contributed by atoms with Crippen molar-refractivity contribution in [3.8, 4) is 5.75 Å². The van der Waals surface area contributed by atoms with Gasteiger partial charge in [-0.2, -0.15) is 0 Å². The van der Waals surface area contributed by atoms with Crippen molar-refractivity contribution in [1.82, 2.24) is 9.80 Å². The van der Waals surface area contributed by atoms with Crippen molar-refractivity contribution in [3.05, 3.63) is 89.5 Å². The highest BCUT2D eigenvalue weighted by Crippen LogP contribution is 2.40. The molecular weight excluding hydrogens is 732 g/mol. The zero-order valence-corrected chi connectivity index (χ0v) is 35.1. The lowest BCUT2D eigenvalue weighted by atomic mass is 9.76. The van der Waals surface area contributed by atoms with Crippen LogP contribution in [0.3, 0.4) is 0 Å². The molecule has 0 radical (unpaired) electrons. The van der Waals surface area contributed by atoms with Crippen LogP contribution in [0, 0.1) is 5.41 Å². The topological polar surface area (TPSA) is 134 Å². The van der Waals surface area contributed by atoms with Crippen molar-refractivity contribution in [2.45, 2.75) is 117 Å². The van der Waals surface area contributed by atoms with Crippen molar-refractivity contribution >= 4 is 52.5 Å². The van der Waals surface area contributed by atoms with E-state index in [9.17, 15) is 24.0 Å². The number of alkyl halides is 1. The molecule has 3 aromatic rings. The molecule has 11 nitrogen and oxygen atoms in total. The van der Waals surface area contributed by atoms with Crippen LogP contribution in [0.1, 0.15) is 105 Å². The number of amides is 5. The van der Waals surface area contributed by atoms with Gasteiger partial charge in [0.2, 0.25) is 12.1 Å². The number of rotatable bonds is 17. The maximum absolute atomic E-state index is 14.1. The second-order valence-corrected chi connectivity index (χ2v) is 17.1. The predicted molar refractivity (Wildman–Crippen MR) is 220 cm³/mol. The highest BCUT2D eigenvalue weighted by atomic mass is 35.5. The Kier molecular flexibility index (Phi) is 13.8. The second-order valence-electron chi connectivity index (χ2n) is 16.6. The zero-order valence-electron chi connectivity index (χ0n) is 34.4. The molecule has 1 saturated heterocycles. The molecule has 12 heteroatoms. The highest BCUT2D eigenvalue weighted by Gasteiger charge is 2.63. The summed E-state index contributed by atoms with van der Waals surface area (Å²) in [5, 5.41) is 5.44. The summed E-state index contributed by atoms with van der Waals surface area (Å²) in [5.41, 5.74) is 2.35. The van der Waals surface area contributed by atoms with Crippen LogP contribution in [-0.4, -0.2) is 64.3 Å². The number of nitrogens with zero attached hydrogens (tertiary/aromatic N) is 2. The number of urea groups is 1. The first-order valence-corrected chi connectivity index (χ1v) is 19.5. The number of carbonyl (C=O) groups excluding carboxylic acids is 5. The Morgan fingerprint density at radius 1 is 0.804 bits per heavy atom. The van der Waals surface area contributed by atoms with E-state index < -0.39 is 40.3 Å². The van der Waals surface area contributed by atoms with Crippen molar-refractivity contribution in [1.29, 1.82) is 0 Å². The van der Waals surface area contributed by atoms with Gasteiger partial charge in [-0.15, -0.1) is 0 Å². The molecule has 56 heavy (non-hydrogen) atoms. The molecule has 0 bridgehead atoms. The lowest BCUT2D eigenvalue weighted by Crippen LogP contribution is -2.63. The molecular formula is C44H57ClN4O7. The van der Waals surface area contributed by atoms with E-state index in [1.165, 1.54) is 45.6 Å². The van der Waals surface area contributed by atoms with Gasteiger partial charge in [0, 0.05) is 35.9 Å². The van der Waals surface area contributed by atoms with Crippen molar-refractivity contribution in [3.63, 3.8) is 0 Å². The monoisotopic (exact) mass is 788 g/mol. The number of anilines is 2. The Morgan fingerprint density at radius 2 is 1.43 bits per heavy atom. The van der Waals surface area contributed by atoms with Gasteiger partial charge in [0.15, 0.2) is 5.78 Å². The number of carbonyl (C=O) groups is 5. The standard InChI is InChI=1S/C44H57ClN4O7/c1-11-42(6,7)30-23-24-34(33(26-30)43(8,9)12-2)56-25-17-22-35(50)46-31-20-16-21-32(27-31)47-39(53)44(45,38(52)41(3,4)5)49-36(51)37(55-10)48(40(49)54)28-29-18-14-13-15-19-29/h13-16,18-21,23-24,26-27,37H,11-12,17,22,25,28H2,1-10H3,(H,46,50)(H,47,53). The van der Waals surface area contributed by atoms with Gasteiger partial charge < -0.3 is 20.1 Å². The van der Waals surface area contributed by atoms with Gasteiger partial charge in [-0.25, -0.2) is 9.69 Å². The van der Waals surface area contributed by atoms with E-state index in [1.807, 2.05) is 12.1 Å². The number of benzene rings is 3. The van der Waals surface area contributed by atoms with Gasteiger partial charge >= 0.3 is 6.03 Å². The van der Waals surface area contributed by atoms with E-state index in [4.69, 9.17) is 21.1 Å². The average Bonchev–Trinajstić information content (AvgIpc) is 3.40. The highest BCUT2D eigenvalue weighted by molar-refractivity contribution is 6.50. The molecule has 4 rings (SSSR count). The average molecular weight is 789 g/mol. The third-order valence-corrected chi connectivity index (χ3v) is 11.1. The van der Waals surface area contributed by atoms with E-state index in [1.54, 1.807) is 36.4 Å². The normalized spacial score (nSPS) is 16.1. The van der Waals surface area contributed by atoms with Crippen LogP contribution in [0.15, 0.2) is 72.8 Å². The van der Waals surface area contributed by atoms with Gasteiger partial charge in [-0.1, -0.05) is 122 Å². The molecule has 0 aliphatic carbocycles. The molecule has 1 fully saturated rings. The zero-order chi connectivity index (χ0) is 41.6. The van der Waals surface area contributed by atoms with Crippen LogP contribution in [0.4, 0.5) is 16.2 Å². The van der Waals surface area contributed by atoms with Gasteiger partial charge in [-0.3, -0.25) is 24.1 Å². The number of Topliss-reactive ketones (excluding diaryl/α,β-unsaturated/α-hetero) is 1. The third kappa shape index (κ3) is 9.61. The molecule has 1 aliphatic rings. The number of methoxy groups -OCH3 is 1. The number of hydrogen-bond acceptors (Lipinski definition) is 7. The second kappa shape index (κ2) is 17.6. The Morgan fingerprint density at radius 3 is 2.02 bits per heavy atom. The Hall–Kier alpha value is -4.74. The molecule has 2 atom stereocenters. The van der Waals surface area contributed by atoms with Gasteiger partial charge in [-0.05, 0) is 65.5 Å². The number of nitrogens with one attached hydrogen (secondary N) is 2. The first-order chi connectivity index (χ1) is 26.2. The molecule has 3 aromatic carbocycles. The summed E-state index contributed by atoms with van der Waals surface area (Å²) in [6, 6.07) is 20.7. The summed E-state index contributed by atoms with van der Waals surface area (Å²) in [7, 11) is 1.25. The van der Waals surface area contributed by atoms with Gasteiger partial charge in [0.25, 0.3) is 16.8 Å². The largest absolute Gasteiger partial charge is 0.493 e. The van der Waals surface area contributed by atoms with Crippen molar-refractivity contribution in [2.75, 3.05) is 24.4 Å². The van der Waals surface area contributed by atoms with Crippen LogP contribution in [-0.2, 0) is 41.3 Å². The summed E-state index contributed by atoms with van der Waals surface area (Å²) in [4.78, 5) is 67.6. The Labute approximate surface area is 336 Å². The number of imide groups is 1. The molecule has 0 saturated carbocycles. The van der Waals surface area contributed by atoms with Gasteiger partial charge in [0.1, 0.15) is 5.75 Å². The summed E-state index contributed by atoms with van der Waals surface area (Å²) in [6.07, 6.45) is 1.17. The van der Waals surface area contributed by atoms with Crippen molar-refractivity contribution < 1.29 is 33.4 Å². The van der Waals surface area contributed by atoms with E-state index in [0.717, 1.165) is 29.1 Å². The fraction of sp³-hybridized carbons (Fsp3) is 0.477. The Balaban J connectivity index is 1.46. The first kappa shape index (κ1) is 44.0. The summed E-state index contributed by atoms with van der Waals surface area (Å²) in [6.45, 7) is 18.2. The molecule has 302 valence electrons. The van der Waals surface area contributed by atoms with Crippen LogP contribution in [0.2, 0.25) is 0 Å². The van der Waals surface area contributed by atoms with Crippen LogP contribution in [0.5, 0.6) is 5.75 Å². The van der Waals surface area contributed by atoms with Crippen molar-refractivity contribution in [2.24, 2.45) is 5.41 Å². The molecule has 1 heterocycles. The number of ketones is 1. The molecule has 0 aromatic heterocycles. The first-order valence-electron chi connectivity index (χ1n) is 19.2. The molecule has 2 N–H and O–H groups in total. The smallest absolute Gasteiger partial charge is 0.331 e. The molecule has 5 amide bonds. The minimum Gasteiger partial charge on any atom is -0.493 e. The number of ether oxygens (including phenoxy) is 2. The quantitative estimate of drug-likeness (QED) is 0.0459. The summed E-state index contributed by atoms with van der Waals surface area (Å²) in [5.74, 6) is -2.40. The van der Waals surface area contributed by atoms with E-state index in [-0.39, 0.29) is 35.4 Å².